The molecule has 0 fully saturated rings. The Hall–Kier alpha value is -2.86. The van der Waals surface area contributed by atoms with E-state index in [4.69, 9.17) is 0 Å². The Balaban J connectivity index is 1.71. The largest absolute Gasteiger partial charge is 0.0620 e. The van der Waals surface area contributed by atoms with E-state index in [9.17, 15) is 0 Å². The molecule has 0 radical (unpaired) electrons. The van der Waals surface area contributed by atoms with E-state index >= 15 is 0 Å². The maximum absolute atomic E-state index is 2.35. The molecule has 0 atom stereocenters. The van der Waals surface area contributed by atoms with Gasteiger partial charge in [0.1, 0.15) is 0 Å². The molecule has 0 bridgehead atoms. The number of rotatable bonds is 3. The highest BCUT2D eigenvalue weighted by Crippen LogP contribution is 2.28. The van der Waals surface area contributed by atoms with Crippen LogP contribution in [0.25, 0.3) is 21.9 Å². The van der Waals surface area contributed by atoms with Crippen LogP contribution in [-0.2, 0) is 6.42 Å². The van der Waals surface area contributed by atoms with Crippen molar-refractivity contribution < 1.29 is 0 Å². The van der Waals surface area contributed by atoms with Crippen molar-refractivity contribution in [3.63, 3.8) is 0 Å². The molecule has 4 rings (SSSR count). The Morgan fingerprint density at radius 2 is 1.16 bits per heavy atom. The van der Waals surface area contributed by atoms with E-state index in [2.05, 4.69) is 98.8 Å². The van der Waals surface area contributed by atoms with Gasteiger partial charge < -0.3 is 0 Å². The lowest BCUT2D eigenvalue weighted by Gasteiger charge is -2.12. The highest BCUT2D eigenvalue weighted by Gasteiger charge is 2.07. The zero-order valence-corrected chi connectivity index (χ0v) is 14.8. The van der Waals surface area contributed by atoms with Crippen LogP contribution in [0.15, 0.2) is 84.9 Å². The first kappa shape index (κ1) is 15.7. The molecule has 0 heterocycles. The quantitative estimate of drug-likeness (QED) is 0.393. The maximum Gasteiger partial charge on any atom is -0.00253 e. The Bertz CT molecular complexity index is 1040. The van der Waals surface area contributed by atoms with Crippen molar-refractivity contribution in [2.75, 3.05) is 0 Å². The van der Waals surface area contributed by atoms with Crippen LogP contribution in [0.2, 0.25) is 0 Å². The van der Waals surface area contributed by atoms with Gasteiger partial charge in [0.2, 0.25) is 0 Å². The van der Waals surface area contributed by atoms with Crippen LogP contribution in [0.1, 0.15) is 22.3 Å². The van der Waals surface area contributed by atoms with Gasteiger partial charge in [-0.25, -0.2) is 0 Å². The summed E-state index contributed by atoms with van der Waals surface area (Å²) in [5, 5.41) is 2.61. The third-order valence-corrected chi connectivity index (χ3v) is 4.96. The first-order valence-corrected chi connectivity index (χ1v) is 8.84. The van der Waals surface area contributed by atoms with E-state index in [1.807, 2.05) is 0 Å². The number of benzene rings is 4. The van der Waals surface area contributed by atoms with Gasteiger partial charge in [0.05, 0.1) is 0 Å². The minimum absolute atomic E-state index is 0.962. The molecule has 0 spiro atoms. The van der Waals surface area contributed by atoms with E-state index in [0.29, 0.717) is 0 Å². The van der Waals surface area contributed by atoms with Crippen LogP contribution in [0.4, 0.5) is 0 Å². The molecule has 0 aliphatic heterocycles. The van der Waals surface area contributed by atoms with Gasteiger partial charge in [0, 0.05) is 0 Å². The van der Waals surface area contributed by atoms with Crippen molar-refractivity contribution in [2.24, 2.45) is 0 Å². The summed E-state index contributed by atoms with van der Waals surface area (Å²) in [7, 11) is 0. The van der Waals surface area contributed by atoms with E-state index in [0.717, 1.165) is 6.42 Å². The molecule has 0 aliphatic carbocycles. The van der Waals surface area contributed by atoms with E-state index in [1.54, 1.807) is 0 Å². The van der Waals surface area contributed by atoms with Crippen LogP contribution in [0.3, 0.4) is 0 Å². The van der Waals surface area contributed by atoms with E-state index < -0.39 is 0 Å². The predicted molar refractivity (Wildman–Crippen MR) is 108 cm³/mol. The fourth-order valence-corrected chi connectivity index (χ4v) is 3.53. The van der Waals surface area contributed by atoms with Crippen LogP contribution in [-0.4, -0.2) is 0 Å². The van der Waals surface area contributed by atoms with Crippen LogP contribution >= 0.6 is 0 Å². The van der Waals surface area contributed by atoms with Crippen LogP contribution in [0.5, 0.6) is 0 Å². The smallest absolute Gasteiger partial charge is 0.00253 e. The Morgan fingerprint density at radius 3 is 2.00 bits per heavy atom. The van der Waals surface area contributed by atoms with E-state index in [-0.39, 0.29) is 0 Å². The highest BCUT2D eigenvalue weighted by molar-refractivity contribution is 5.83. The molecular weight excluding hydrogens is 300 g/mol. The second-order valence-corrected chi connectivity index (χ2v) is 6.82. The lowest BCUT2D eigenvalue weighted by Crippen LogP contribution is -1.92. The zero-order valence-electron chi connectivity index (χ0n) is 14.8. The molecule has 25 heavy (non-hydrogen) atoms. The number of hydrogen-bond acceptors (Lipinski definition) is 0. The van der Waals surface area contributed by atoms with Gasteiger partial charge in [-0.3, -0.25) is 0 Å². The minimum atomic E-state index is 0.962. The first-order valence-electron chi connectivity index (χ1n) is 8.84. The molecule has 0 saturated carbocycles. The molecule has 122 valence electrons. The molecule has 4 aromatic carbocycles. The molecule has 0 nitrogen and oxygen atoms in total. The summed E-state index contributed by atoms with van der Waals surface area (Å²) >= 11 is 0. The fourth-order valence-electron chi connectivity index (χ4n) is 3.53. The summed E-state index contributed by atoms with van der Waals surface area (Å²) in [6.07, 6.45) is 0.962. The number of aryl methyl sites for hydroxylation is 2. The number of hydrogen-bond donors (Lipinski definition) is 0. The first-order chi connectivity index (χ1) is 12.2. The average Bonchev–Trinajstić information content (AvgIpc) is 2.64. The van der Waals surface area contributed by atoms with Gasteiger partial charge in [-0.15, -0.1) is 0 Å². The van der Waals surface area contributed by atoms with Crippen molar-refractivity contribution >= 4 is 10.8 Å². The van der Waals surface area contributed by atoms with Gasteiger partial charge in [0.25, 0.3) is 0 Å². The Morgan fingerprint density at radius 1 is 0.520 bits per heavy atom. The van der Waals surface area contributed by atoms with Gasteiger partial charge in [-0.2, -0.15) is 0 Å². The average molecular weight is 322 g/mol. The van der Waals surface area contributed by atoms with Crippen LogP contribution in [0, 0.1) is 13.8 Å². The Labute approximate surface area is 149 Å². The third kappa shape index (κ3) is 3.21. The fraction of sp³-hybridized carbons (Fsp3) is 0.120. The summed E-state index contributed by atoms with van der Waals surface area (Å²) in [6, 6.07) is 30.8. The highest BCUT2D eigenvalue weighted by atomic mass is 14.1. The summed E-state index contributed by atoms with van der Waals surface area (Å²) in [5.41, 5.74) is 8.05. The second kappa shape index (κ2) is 6.57. The topological polar surface area (TPSA) is 0 Å². The normalized spacial score (nSPS) is 11.0. The van der Waals surface area contributed by atoms with Crippen molar-refractivity contribution in [1.82, 2.24) is 0 Å². The monoisotopic (exact) mass is 322 g/mol. The molecule has 0 saturated heterocycles. The number of fused-ring (bicyclic) bond motifs is 1. The molecule has 0 amide bonds. The lowest BCUT2D eigenvalue weighted by molar-refractivity contribution is 1.19. The standard InChI is InChI=1S/C25H22/c1-18-7-3-6-10-24(18)25-17-21(12-11-19(25)2)15-20-13-14-22-8-4-5-9-23(22)16-20/h3-14,16-17H,15H2,1-2H3. The minimum Gasteiger partial charge on any atom is -0.0620 e. The predicted octanol–water partition coefficient (Wildman–Crippen LogP) is 6.71. The zero-order chi connectivity index (χ0) is 17.2. The maximum atomic E-state index is 2.35. The van der Waals surface area contributed by atoms with Crippen molar-refractivity contribution in [3.05, 3.63) is 107 Å². The molecule has 0 aromatic heterocycles. The van der Waals surface area contributed by atoms with Crippen molar-refractivity contribution in [2.45, 2.75) is 20.3 Å². The molecule has 4 aromatic rings. The molecular formula is C25H22. The van der Waals surface area contributed by atoms with Crippen molar-refractivity contribution in [1.29, 1.82) is 0 Å². The molecule has 0 unspecified atom stereocenters. The van der Waals surface area contributed by atoms with Crippen LogP contribution < -0.4 is 0 Å². The summed E-state index contributed by atoms with van der Waals surface area (Å²) in [5.74, 6) is 0. The summed E-state index contributed by atoms with van der Waals surface area (Å²) in [6.45, 7) is 4.38. The third-order valence-electron chi connectivity index (χ3n) is 4.96. The lowest BCUT2D eigenvalue weighted by atomic mass is 9.93. The second-order valence-electron chi connectivity index (χ2n) is 6.82. The van der Waals surface area contributed by atoms with E-state index in [1.165, 1.54) is 44.2 Å². The van der Waals surface area contributed by atoms with Gasteiger partial charge in [-0.05, 0) is 64.4 Å². The Kier molecular flexibility index (Phi) is 4.11. The summed E-state index contributed by atoms with van der Waals surface area (Å²) in [4.78, 5) is 0. The molecule has 0 heteroatoms. The van der Waals surface area contributed by atoms with Gasteiger partial charge >= 0.3 is 0 Å². The van der Waals surface area contributed by atoms with Gasteiger partial charge in [0.15, 0.2) is 0 Å². The van der Waals surface area contributed by atoms with Crippen molar-refractivity contribution in [3.8, 4) is 11.1 Å². The SMILES string of the molecule is Cc1ccccc1-c1cc(Cc2ccc3ccccc3c2)ccc1C. The molecule has 0 N–H and O–H groups in total. The van der Waals surface area contributed by atoms with Gasteiger partial charge in [-0.1, -0.05) is 84.9 Å². The molecule has 0 aliphatic rings. The summed E-state index contributed by atoms with van der Waals surface area (Å²) < 4.78 is 0.